The predicted octanol–water partition coefficient (Wildman–Crippen LogP) is 4.77. The van der Waals surface area contributed by atoms with E-state index in [1.807, 2.05) is 6.92 Å². The third-order valence-corrected chi connectivity index (χ3v) is 2.85. The second kappa shape index (κ2) is 6.67. The number of pyridine rings is 1. The molecule has 0 atom stereocenters. The molecule has 3 nitrogen and oxygen atoms in total. The van der Waals surface area contributed by atoms with Crippen LogP contribution in [-0.2, 0) is 0 Å². The monoisotopic (exact) mass is 316 g/mol. The summed E-state index contributed by atoms with van der Waals surface area (Å²) in [5.74, 6) is -3.07. The molecule has 0 saturated heterocycles. The van der Waals surface area contributed by atoms with Gasteiger partial charge in [-0.25, -0.2) is 13.2 Å². The van der Waals surface area contributed by atoms with E-state index in [1.165, 1.54) is 12.1 Å². The van der Waals surface area contributed by atoms with Crippen molar-refractivity contribution in [2.75, 3.05) is 11.9 Å². The summed E-state index contributed by atoms with van der Waals surface area (Å²) in [6, 6.07) is 4.28. The van der Waals surface area contributed by atoms with Gasteiger partial charge in [-0.3, -0.25) is 0 Å². The third kappa shape index (κ3) is 3.78. The standard InChI is InChI=1S/C14H12ClF3N2O/c1-2-5-19-13-11(17)7-12(18)14(20-13)21-8-3-4-9(15)10(16)6-8/h3-4,6-7H,2,5H2,1H3,(H,19,20). The summed E-state index contributed by atoms with van der Waals surface area (Å²) >= 11 is 5.54. The van der Waals surface area contributed by atoms with E-state index in [-0.39, 0.29) is 16.6 Å². The molecule has 1 aromatic carbocycles. The molecule has 0 aliphatic heterocycles. The fourth-order valence-corrected chi connectivity index (χ4v) is 1.66. The normalized spacial score (nSPS) is 10.5. The number of nitrogens with zero attached hydrogens (tertiary/aromatic N) is 1. The van der Waals surface area contributed by atoms with Crippen molar-refractivity contribution in [3.8, 4) is 11.6 Å². The first kappa shape index (κ1) is 15.4. The zero-order valence-corrected chi connectivity index (χ0v) is 11.8. The van der Waals surface area contributed by atoms with Crippen LogP contribution in [-0.4, -0.2) is 11.5 Å². The Bertz CT molecular complexity index is 652. The number of rotatable bonds is 5. The summed E-state index contributed by atoms with van der Waals surface area (Å²) in [4.78, 5) is 3.72. The molecule has 2 aromatic rings. The molecular weight excluding hydrogens is 305 g/mol. The van der Waals surface area contributed by atoms with Crippen LogP contribution in [0.1, 0.15) is 13.3 Å². The Kier molecular flexibility index (Phi) is 4.90. The predicted molar refractivity (Wildman–Crippen MR) is 74.4 cm³/mol. The van der Waals surface area contributed by atoms with E-state index in [1.54, 1.807) is 0 Å². The molecule has 0 spiro atoms. The Labute approximate surface area is 124 Å². The zero-order chi connectivity index (χ0) is 15.4. The Morgan fingerprint density at radius 3 is 2.57 bits per heavy atom. The molecular formula is C14H12ClF3N2O. The van der Waals surface area contributed by atoms with Crippen molar-refractivity contribution in [2.24, 2.45) is 0 Å². The Morgan fingerprint density at radius 1 is 1.14 bits per heavy atom. The van der Waals surface area contributed by atoms with Crippen molar-refractivity contribution in [1.82, 2.24) is 4.98 Å². The van der Waals surface area contributed by atoms with E-state index in [4.69, 9.17) is 16.3 Å². The lowest BCUT2D eigenvalue weighted by Crippen LogP contribution is -2.06. The maximum absolute atomic E-state index is 13.6. The van der Waals surface area contributed by atoms with Gasteiger partial charge < -0.3 is 10.1 Å². The smallest absolute Gasteiger partial charge is 0.258 e. The van der Waals surface area contributed by atoms with E-state index in [0.29, 0.717) is 12.6 Å². The molecule has 21 heavy (non-hydrogen) atoms. The Hall–Kier alpha value is -1.95. The first-order valence-electron chi connectivity index (χ1n) is 6.24. The molecule has 0 bridgehead atoms. The molecule has 0 fully saturated rings. The van der Waals surface area contributed by atoms with Gasteiger partial charge in [0.05, 0.1) is 5.02 Å². The van der Waals surface area contributed by atoms with Crippen molar-refractivity contribution in [3.05, 3.63) is 46.7 Å². The summed E-state index contributed by atoms with van der Waals surface area (Å²) < 4.78 is 45.6. The number of benzene rings is 1. The molecule has 2 rings (SSSR count). The van der Waals surface area contributed by atoms with Gasteiger partial charge in [0.25, 0.3) is 5.88 Å². The second-order valence-corrected chi connectivity index (χ2v) is 4.62. The number of anilines is 1. The lowest BCUT2D eigenvalue weighted by atomic mass is 10.3. The van der Waals surface area contributed by atoms with Gasteiger partial charge in [-0.1, -0.05) is 18.5 Å². The van der Waals surface area contributed by atoms with Gasteiger partial charge in [0.2, 0.25) is 0 Å². The van der Waals surface area contributed by atoms with E-state index in [9.17, 15) is 13.2 Å². The lowest BCUT2D eigenvalue weighted by Gasteiger charge is -2.10. The molecule has 1 heterocycles. The summed E-state index contributed by atoms with van der Waals surface area (Å²) in [5.41, 5.74) is 0. The molecule has 7 heteroatoms. The van der Waals surface area contributed by atoms with Gasteiger partial charge >= 0.3 is 0 Å². The van der Waals surface area contributed by atoms with Gasteiger partial charge in [-0.2, -0.15) is 4.98 Å². The van der Waals surface area contributed by atoms with Crippen molar-refractivity contribution < 1.29 is 17.9 Å². The van der Waals surface area contributed by atoms with Crippen LogP contribution in [0.3, 0.4) is 0 Å². The minimum Gasteiger partial charge on any atom is -0.436 e. The molecule has 0 aliphatic rings. The highest BCUT2D eigenvalue weighted by Crippen LogP contribution is 2.28. The van der Waals surface area contributed by atoms with Crippen LogP contribution >= 0.6 is 11.6 Å². The molecule has 1 aromatic heterocycles. The molecule has 0 radical (unpaired) electrons. The van der Waals surface area contributed by atoms with Crippen molar-refractivity contribution in [1.29, 1.82) is 0 Å². The second-order valence-electron chi connectivity index (χ2n) is 4.21. The van der Waals surface area contributed by atoms with Crippen LogP contribution in [0.5, 0.6) is 11.6 Å². The largest absolute Gasteiger partial charge is 0.436 e. The fourth-order valence-electron chi connectivity index (χ4n) is 1.54. The maximum atomic E-state index is 13.6. The molecule has 0 unspecified atom stereocenters. The van der Waals surface area contributed by atoms with E-state index in [0.717, 1.165) is 12.5 Å². The molecule has 0 aliphatic carbocycles. The highest BCUT2D eigenvalue weighted by Gasteiger charge is 2.14. The van der Waals surface area contributed by atoms with Gasteiger partial charge in [0.1, 0.15) is 11.6 Å². The third-order valence-electron chi connectivity index (χ3n) is 2.55. The number of hydrogen-bond acceptors (Lipinski definition) is 3. The van der Waals surface area contributed by atoms with Crippen molar-refractivity contribution in [2.45, 2.75) is 13.3 Å². The SMILES string of the molecule is CCCNc1nc(Oc2ccc(Cl)c(F)c2)c(F)cc1F. The maximum Gasteiger partial charge on any atom is 0.258 e. The van der Waals surface area contributed by atoms with E-state index < -0.39 is 23.3 Å². The molecule has 0 amide bonds. The number of nitrogens with one attached hydrogen (secondary N) is 1. The average molecular weight is 317 g/mol. The van der Waals surface area contributed by atoms with Crippen molar-refractivity contribution >= 4 is 17.4 Å². The highest BCUT2D eigenvalue weighted by molar-refractivity contribution is 6.30. The average Bonchev–Trinajstić information content (AvgIpc) is 2.44. The van der Waals surface area contributed by atoms with Crippen LogP contribution < -0.4 is 10.1 Å². The molecule has 1 N–H and O–H groups in total. The van der Waals surface area contributed by atoms with Crippen LogP contribution in [0.25, 0.3) is 0 Å². The van der Waals surface area contributed by atoms with Gasteiger partial charge in [-0.05, 0) is 18.6 Å². The summed E-state index contributed by atoms with van der Waals surface area (Å²) in [6.07, 6.45) is 0.747. The Morgan fingerprint density at radius 2 is 1.90 bits per heavy atom. The van der Waals surface area contributed by atoms with E-state index >= 15 is 0 Å². The van der Waals surface area contributed by atoms with Crippen LogP contribution in [0, 0.1) is 17.5 Å². The minimum absolute atomic E-state index is 0.0105. The number of aromatic nitrogens is 1. The van der Waals surface area contributed by atoms with Gasteiger partial charge in [-0.15, -0.1) is 0 Å². The Balaban J connectivity index is 2.28. The van der Waals surface area contributed by atoms with E-state index in [2.05, 4.69) is 10.3 Å². The van der Waals surface area contributed by atoms with Crippen LogP contribution in [0.4, 0.5) is 19.0 Å². The van der Waals surface area contributed by atoms with Gasteiger partial charge in [0.15, 0.2) is 17.5 Å². The topological polar surface area (TPSA) is 34.2 Å². The number of hydrogen-bond donors (Lipinski definition) is 1. The molecule has 0 saturated carbocycles. The quantitative estimate of drug-likeness (QED) is 0.863. The summed E-state index contributed by atoms with van der Waals surface area (Å²) in [7, 11) is 0. The number of halogens is 4. The van der Waals surface area contributed by atoms with Crippen LogP contribution in [0.15, 0.2) is 24.3 Å². The summed E-state index contributed by atoms with van der Waals surface area (Å²) in [6.45, 7) is 2.37. The van der Waals surface area contributed by atoms with Crippen LogP contribution in [0.2, 0.25) is 5.02 Å². The summed E-state index contributed by atoms with van der Waals surface area (Å²) in [5, 5.41) is 2.63. The highest BCUT2D eigenvalue weighted by atomic mass is 35.5. The fraction of sp³-hybridized carbons (Fsp3) is 0.214. The first-order valence-corrected chi connectivity index (χ1v) is 6.62. The number of ether oxygens (including phenoxy) is 1. The minimum atomic E-state index is -0.982. The molecule has 112 valence electrons. The lowest BCUT2D eigenvalue weighted by molar-refractivity contribution is 0.415. The zero-order valence-electron chi connectivity index (χ0n) is 11.1. The first-order chi connectivity index (χ1) is 10.0. The van der Waals surface area contributed by atoms with Crippen molar-refractivity contribution in [3.63, 3.8) is 0 Å². The van der Waals surface area contributed by atoms with Gasteiger partial charge in [0, 0.05) is 18.7 Å².